The summed E-state index contributed by atoms with van der Waals surface area (Å²) in [6.07, 6.45) is 2.40. The van der Waals surface area contributed by atoms with Crippen LogP contribution in [0, 0.1) is 12.7 Å². The Morgan fingerprint density at radius 2 is 2.08 bits per heavy atom. The van der Waals surface area contributed by atoms with Gasteiger partial charge in [-0.25, -0.2) is 4.39 Å². The molecule has 0 aromatic heterocycles. The van der Waals surface area contributed by atoms with Crippen LogP contribution in [0.15, 0.2) is 12.1 Å². The van der Waals surface area contributed by atoms with Gasteiger partial charge < -0.3 is 5.73 Å². The van der Waals surface area contributed by atoms with Gasteiger partial charge in [-0.05, 0) is 48.9 Å². The molecular formula is C10H12FN. The molecule has 1 fully saturated rings. The fourth-order valence-corrected chi connectivity index (χ4v) is 1.55. The van der Waals surface area contributed by atoms with E-state index in [1.807, 2.05) is 6.92 Å². The van der Waals surface area contributed by atoms with Gasteiger partial charge in [0.2, 0.25) is 0 Å². The highest BCUT2D eigenvalue weighted by Crippen LogP contribution is 2.42. The lowest BCUT2D eigenvalue weighted by atomic mass is 10.0. The van der Waals surface area contributed by atoms with Crippen LogP contribution in [-0.4, -0.2) is 0 Å². The normalized spacial score (nSPS) is 16.5. The lowest BCUT2D eigenvalue weighted by Gasteiger charge is -2.05. The van der Waals surface area contributed by atoms with Gasteiger partial charge in [-0.1, -0.05) is 0 Å². The van der Waals surface area contributed by atoms with Crippen LogP contribution in [0.3, 0.4) is 0 Å². The summed E-state index contributed by atoms with van der Waals surface area (Å²) in [6.45, 7) is 1.99. The molecule has 2 heteroatoms. The first kappa shape index (κ1) is 7.59. The Balaban J connectivity index is 2.47. The van der Waals surface area contributed by atoms with Gasteiger partial charge in [-0.2, -0.15) is 0 Å². The molecule has 1 nitrogen and oxygen atoms in total. The Labute approximate surface area is 71.4 Å². The molecule has 1 aromatic carbocycles. The zero-order valence-corrected chi connectivity index (χ0v) is 7.10. The van der Waals surface area contributed by atoms with E-state index in [9.17, 15) is 4.39 Å². The van der Waals surface area contributed by atoms with Crippen LogP contribution >= 0.6 is 0 Å². The van der Waals surface area contributed by atoms with Crippen LogP contribution in [0.5, 0.6) is 0 Å². The van der Waals surface area contributed by atoms with Crippen molar-refractivity contribution in [3.63, 3.8) is 0 Å². The largest absolute Gasteiger partial charge is 0.396 e. The maximum atomic E-state index is 13.0. The predicted octanol–water partition coefficient (Wildman–Crippen LogP) is 2.59. The van der Waals surface area contributed by atoms with Gasteiger partial charge in [0.15, 0.2) is 0 Å². The lowest BCUT2D eigenvalue weighted by Crippen LogP contribution is -1.95. The van der Waals surface area contributed by atoms with Gasteiger partial charge in [0.05, 0.1) is 5.69 Å². The molecule has 0 unspecified atom stereocenters. The molecule has 0 heterocycles. The number of benzene rings is 1. The molecule has 0 atom stereocenters. The molecule has 1 saturated carbocycles. The molecule has 1 aromatic rings. The van der Waals surface area contributed by atoms with Gasteiger partial charge in [0.1, 0.15) is 5.82 Å². The molecule has 0 saturated heterocycles. The van der Waals surface area contributed by atoms with Gasteiger partial charge in [0, 0.05) is 0 Å². The van der Waals surface area contributed by atoms with E-state index in [1.54, 1.807) is 12.1 Å². The highest BCUT2D eigenvalue weighted by molar-refractivity contribution is 5.47. The molecule has 0 spiro atoms. The summed E-state index contributed by atoms with van der Waals surface area (Å²) in [6, 6.07) is 3.31. The number of hydrogen-bond donors (Lipinski definition) is 1. The third-order valence-electron chi connectivity index (χ3n) is 2.40. The predicted molar refractivity (Wildman–Crippen MR) is 47.5 cm³/mol. The summed E-state index contributed by atoms with van der Waals surface area (Å²) in [5.74, 6) is 0.322. The van der Waals surface area contributed by atoms with Crippen LogP contribution < -0.4 is 5.73 Å². The van der Waals surface area contributed by atoms with Crippen molar-refractivity contribution in [1.82, 2.24) is 0 Å². The summed E-state index contributed by atoms with van der Waals surface area (Å²) in [4.78, 5) is 0. The number of nitrogens with two attached hydrogens (primary N) is 1. The number of anilines is 1. The monoisotopic (exact) mass is 165 g/mol. The second-order valence-electron chi connectivity index (χ2n) is 3.50. The van der Waals surface area contributed by atoms with Gasteiger partial charge in [-0.3, -0.25) is 0 Å². The van der Waals surface area contributed by atoms with Crippen LogP contribution in [0.2, 0.25) is 0 Å². The third kappa shape index (κ3) is 1.17. The molecule has 2 rings (SSSR count). The average Bonchev–Trinajstić information content (AvgIpc) is 2.79. The fourth-order valence-electron chi connectivity index (χ4n) is 1.55. The van der Waals surface area contributed by atoms with Crippen LogP contribution in [0.4, 0.5) is 10.1 Å². The van der Waals surface area contributed by atoms with Crippen molar-refractivity contribution in [2.24, 2.45) is 0 Å². The first-order chi connectivity index (χ1) is 5.68. The van der Waals surface area contributed by atoms with Crippen LogP contribution in [-0.2, 0) is 0 Å². The Morgan fingerprint density at radius 1 is 1.42 bits per heavy atom. The van der Waals surface area contributed by atoms with Crippen molar-refractivity contribution >= 4 is 5.69 Å². The van der Waals surface area contributed by atoms with Crippen molar-refractivity contribution < 1.29 is 4.39 Å². The minimum Gasteiger partial charge on any atom is -0.396 e. The Bertz CT molecular complexity index is 316. The third-order valence-corrected chi connectivity index (χ3v) is 2.40. The van der Waals surface area contributed by atoms with E-state index >= 15 is 0 Å². The first-order valence-corrected chi connectivity index (χ1v) is 4.24. The zero-order valence-electron chi connectivity index (χ0n) is 7.10. The van der Waals surface area contributed by atoms with E-state index in [4.69, 9.17) is 5.73 Å². The maximum absolute atomic E-state index is 13.0. The molecule has 2 N–H and O–H groups in total. The van der Waals surface area contributed by atoms with Crippen LogP contribution in [0.25, 0.3) is 0 Å². The molecular weight excluding hydrogens is 153 g/mol. The molecule has 0 aliphatic heterocycles. The summed E-state index contributed by atoms with van der Waals surface area (Å²) in [5.41, 5.74) is 7.96. The molecule has 0 amide bonds. The number of rotatable bonds is 1. The van der Waals surface area contributed by atoms with Crippen LogP contribution in [0.1, 0.15) is 29.9 Å². The van der Waals surface area contributed by atoms with E-state index < -0.39 is 0 Å². The van der Waals surface area contributed by atoms with Crippen molar-refractivity contribution in [2.45, 2.75) is 25.7 Å². The smallest absolute Gasteiger partial charge is 0.146 e. The number of aryl methyl sites for hydroxylation is 1. The number of nitrogen functional groups attached to an aromatic ring is 1. The van der Waals surface area contributed by atoms with E-state index in [2.05, 4.69) is 0 Å². The van der Waals surface area contributed by atoms with E-state index in [0.717, 1.165) is 11.1 Å². The average molecular weight is 165 g/mol. The quantitative estimate of drug-likeness (QED) is 0.636. The number of halogens is 1. The minimum absolute atomic E-state index is 0.261. The second-order valence-corrected chi connectivity index (χ2v) is 3.50. The molecule has 1 aliphatic carbocycles. The van der Waals surface area contributed by atoms with Crippen molar-refractivity contribution in [1.29, 1.82) is 0 Å². The summed E-state index contributed by atoms with van der Waals surface area (Å²) in [7, 11) is 0. The highest BCUT2D eigenvalue weighted by Gasteiger charge is 2.25. The summed E-state index contributed by atoms with van der Waals surface area (Å²) in [5, 5.41) is 0. The topological polar surface area (TPSA) is 26.0 Å². The van der Waals surface area contributed by atoms with Crippen molar-refractivity contribution in [3.8, 4) is 0 Å². The fraction of sp³-hybridized carbons (Fsp3) is 0.400. The summed E-state index contributed by atoms with van der Waals surface area (Å²) >= 11 is 0. The van der Waals surface area contributed by atoms with E-state index in [1.165, 1.54) is 12.8 Å². The van der Waals surface area contributed by atoms with E-state index in [0.29, 0.717) is 5.92 Å². The molecule has 12 heavy (non-hydrogen) atoms. The molecule has 0 bridgehead atoms. The molecule has 1 aliphatic rings. The van der Waals surface area contributed by atoms with Gasteiger partial charge in [-0.15, -0.1) is 0 Å². The Kier molecular flexibility index (Phi) is 1.56. The van der Waals surface area contributed by atoms with Gasteiger partial charge in [0.25, 0.3) is 0 Å². The first-order valence-electron chi connectivity index (χ1n) is 4.24. The SMILES string of the molecule is Cc1cc(N)c(F)cc1C1CC1. The summed E-state index contributed by atoms with van der Waals surface area (Å²) < 4.78 is 13.0. The second kappa shape index (κ2) is 2.47. The minimum atomic E-state index is -0.275. The van der Waals surface area contributed by atoms with E-state index in [-0.39, 0.29) is 11.5 Å². The lowest BCUT2D eigenvalue weighted by molar-refractivity contribution is 0.629. The van der Waals surface area contributed by atoms with Crippen molar-refractivity contribution in [3.05, 3.63) is 29.1 Å². The number of hydrogen-bond acceptors (Lipinski definition) is 1. The standard InChI is InChI=1S/C10H12FN/c1-6-4-10(12)9(11)5-8(6)7-2-3-7/h4-5,7H,2-3,12H2,1H3. The van der Waals surface area contributed by atoms with Gasteiger partial charge >= 0.3 is 0 Å². The Hall–Kier alpha value is -1.05. The molecule has 0 radical (unpaired) electrons. The molecule has 64 valence electrons. The highest BCUT2D eigenvalue weighted by atomic mass is 19.1. The zero-order chi connectivity index (χ0) is 8.72. The Morgan fingerprint density at radius 3 is 2.67 bits per heavy atom. The maximum Gasteiger partial charge on any atom is 0.146 e. The van der Waals surface area contributed by atoms with Crippen molar-refractivity contribution in [2.75, 3.05) is 5.73 Å².